The molecule has 0 bridgehead atoms. The lowest BCUT2D eigenvalue weighted by molar-refractivity contribution is -0.148. The van der Waals surface area contributed by atoms with E-state index in [9.17, 15) is 31.4 Å². The minimum atomic E-state index is -5.05. The molecule has 3 aliphatic heterocycles. The summed E-state index contributed by atoms with van der Waals surface area (Å²) in [7, 11) is 1.54. The normalized spacial score (nSPS) is 21.9. The minimum absolute atomic E-state index is 0.0394. The number of rotatable bonds is 5. The van der Waals surface area contributed by atoms with Gasteiger partial charge < -0.3 is 24.5 Å². The molecule has 1 N–H and O–H groups in total. The van der Waals surface area contributed by atoms with E-state index in [1.165, 1.54) is 4.90 Å². The molecule has 0 saturated carbocycles. The Hall–Kier alpha value is -4.00. The molecule has 41 heavy (non-hydrogen) atoms. The van der Waals surface area contributed by atoms with Gasteiger partial charge in [0.1, 0.15) is 12.4 Å². The Morgan fingerprint density at radius 2 is 1.78 bits per heavy atom. The van der Waals surface area contributed by atoms with Crippen molar-refractivity contribution in [3.8, 4) is 5.75 Å². The van der Waals surface area contributed by atoms with Gasteiger partial charge in [0, 0.05) is 24.5 Å². The summed E-state index contributed by atoms with van der Waals surface area (Å²) in [6.45, 7) is 1.70. The number of nitrogens with zero attached hydrogens (tertiary/aromatic N) is 4. The smallest absolute Gasteiger partial charge is 0.416 e. The predicted molar refractivity (Wildman–Crippen MR) is 140 cm³/mol. The number of allylic oxidation sites excluding steroid dienone is 1. The van der Waals surface area contributed by atoms with E-state index in [1.54, 1.807) is 19.4 Å². The number of hydrogen-bond acceptors (Lipinski definition) is 7. The number of amidine groups is 1. The van der Waals surface area contributed by atoms with Crippen LogP contribution in [0, 0.1) is 0 Å². The quantitative estimate of drug-likeness (QED) is 0.430. The molecule has 1 atom stereocenters. The lowest BCUT2D eigenvalue weighted by Gasteiger charge is -2.39. The van der Waals surface area contributed by atoms with Gasteiger partial charge in [0.2, 0.25) is 0 Å². The maximum absolute atomic E-state index is 13.6. The molecular formula is C28H26F6N4O3. The second-order valence-electron chi connectivity index (χ2n) is 9.83. The molecule has 3 aliphatic rings. The highest BCUT2D eigenvalue weighted by Crippen LogP contribution is 2.44. The van der Waals surface area contributed by atoms with Gasteiger partial charge in [-0.25, -0.2) is 0 Å². The zero-order valence-corrected chi connectivity index (χ0v) is 22.1. The number of ether oxygens (including phenoxy) is 1. The number of halogens is 6. The Balaban J connectivity index is 1.50. The van der Waals surface area contributed by atoms with Crippen molar-refractivity contribution in [1.82, 2.24) is 4.90 Å². The van der Waals surface area contributed by atoms with Crippen molar-refractivity contribution < 1.29 is 41.0 Å². The van der Waals surface area contributed by atoms with E-state index >= 15 is 0 Å². The first-order chi connectivity index (χ1) is 19.4. The summed E-state index contributed by atoms with van der Waals surface area (Å²) in [5.41, 5.74) is -2.53. The van der Waals surface area contributed by atoms with Crippen molar-refractivity contribution >= 4 is 23.8 Å². The van der Waals surface area contributed by atoms with Crippen LogP contribution < -0.4 is 9.64 Å². The fourth-order valence-corrected chi connectivity index (χ4v) is 5.15. The van der Waals surface area contributed by atoms with E-state index < -0.39 is 41.4 Å². The fourth-order valence-electron chi connectivity index (χ4n) is 5.15. The molecule has 1 saturated heterocycles. The average Bonchev–Trinajstić information content (AvgIpc) is 3.32. The lowest BCUT2D eigenvalue weighted by atomic mass is 9.92. The Kier molecular flexibility index (Phi) is 7.26. The number of anilines is 1. The van der Waals surface area contributed by atoms with E-state index in [1.807, 2.05) is 36.2 Å². The Labute approximate surface area is 231 Å². The number of hydrogen-bond donors (Lipinski definition) is 1. The molecule has 5 rings (SSSR count). The highest BCUT2D eigenvalue weighted by atomic mass is 19.4. The molecule has 2 aromatic rings. The van der Waals surface area contributed by atoms with E-state index in [-0.39, 0.29) is 18.4 Å². The first kappa shape index (κ1) is 28.5. The van der Waals surface area contributed by atoms with Crippen molar-refractivity contribution in [2.45, 2.75) is 37.8 Å². The van der Waals surface area contributed by atoms with Crippen LogP contribution in [0.2, 0.25) is 0 Å². The van der Waals surface area contributed by atoms with Crippen molar-refractivity contribution in [3.05, 3.63) is 76.1 Å². The van der Waals surface area contributed by atoms with Crippen LogP contribution in [0.15, 0.2) is 64.0 Å². The van der Waals surface area contributed by atoms with E-state index in [0.717, 1.165) is 16.9 Å². The number of aliphatic imine (C=N–C) groups is 1. The van der Waals surface area contributed by atoms with Gasteiger partial charge in [-0.2, -0.15) is 26.3 Å². The van der Waals surface area contributed by atoms with Crippen LogP contribution >= 0.6 is 0 Å². The highest BCUT2D eigenvalue weighted by Gasteiger charge is 2.51. The first-order valence-electron chi connectivity index (χ1n) is 12.7. The van der Waals surface area contributed by atoms with E-state index in [2.05, 4.69) is 10.1 Å². The average molecular weight is 581 g/mol. The Bertz CT molecular complexity index is 1430. The van der Waals surface area contributed by atoms with Gasteiger partial charge in [0.15, 0.2) is 5.84 Å². The van der Waals surface area contributed by atoms with Gasteiger partial charge in [-0.1, -0.05) is 11.2 Å². The highest BCUT2D eigenvalue weighted by molar-refractivity contribution is 6.03. The summed E-state index contributed by atoms with van der Waals surface area (Å²) >= 11 is 0. The molecule has 0 aliphatic carbocycles. The summed E-state index contributed by atoms with van der Waals surface area (Å²) in [4.78, 5) is 13.2. The standard InChI is InChI=1S/C28H26F6N4O3/c1-17-15-37(9-7-35-17)23-6-5-18(11-24(23)40-2)10-19-4-3-8-38-25(19)36-41-26(38,16-39)20-12-21(27(29,30)31)14-22(13-20)28(32,33)34/h5-7,10-15,39H,3-4,8-9,16H2,1-2H3/b19-10+. The number of aliphatic hydroxyl groups excluding tert-OH is 1. The fraction of sp³-hybridized carbons (Fsp3) is 0.357. The van der Waals surface area contributed by atoms with Gasteiger partial charge in [0.25, 0.3) is 5.72 Å². The van der Waals surface area contributed by atoms with Gasteiger partial charge in [0.05, 0.1) is 36.2 Å². The molecule has 0 spiro atoms. The number of piperidine rings is 1. The van der Waals surface area contributed by atoms with Crippen LogP contribution in [0.1, 0.15) is 42.0 Å². The maximum Gasteiger partial charge on any atom is 0.416 e. The molecule has 1 unspecified atom stereocenters. The molecular weight excluding hydrogens is 554 g/mol. The number of fused-ring (bicyclic) bond motifs is 1. The number of oxime groups is 1. The molecule has 0 amide bonds. The third-order valence-electron chi connectivity index (χ3n) is 7.11. The lowest BCUT2D eigenvalue weighted by Crippen LogP contribution is -2.51. The van der Waals surface area contributed by atoms with Crippen LogP contribution in [-0.2, 0) is 22.9 Å². The van der Waals surface area contributed by atoms with Crippen LogP contribution in [-0.4, -0.2) is 48.9 Å². The van der Waals surface area contributed by atoms with Crippen molar-refractivity contribution in [2.24, 2.45) is 10.1 Å². The SMILES string of the molecule is COc1cc(/C=C2\CCCN3C2=NOC3(CO)c2cc(C(F)(F)F)cc(C(F)(F)F)c2)ccc1N1C=C(C)N=CC1. The maximum atomic E-state index is 13.6. The molecule has 7 nitrogen and oxygen atoms in total. The summed E-state index contributed by atoms with van der Waals surface area (Å²) in [5, 5.41) is 14.4. The number of aliphatic hydroxyl groups is 1. The van der Waals surface area contributed by atoms with Gasteiger partial charge in [-0.05, 0) is 67.3 Å². The first-order valence-corrected chi connectivity index (χ1v) is 12.7. The molecule has 0 radical (unpaired) electrons. The Morgan fingerprint density at radius 1 is 1.07 bits per heavy atom. The predicted octanol–water partition coefficient (Wildman–Crippen LogP) is 6.15. The second kappa shape index (κ2) is 10.4. The van der Waals surface area contributed by atoms with Crippen molar-refractivity contribution in [2.75, 3.05) is 31.7 Å². The molecule has 218 valence electrons. The third kappa shape index (κ3) is 5.37. The number of alkyl halides is 6. The number of methoxy groups -OCH3 is 1. The molecule has 1 fully saturated rings. The van der Waals surface area contributed by atoms with Crippen molar-refractivity contribution in [1.29, 1.82) is 0 Å². The zero-order valence-electron chi connectivity index (χ0n) is 22.1. The van der Waals surface area contributed by atoms with Crippen LogP contribution in [0.25, 0.3) is 6.08 Å². The Morgan fingerprint density at radius 3 is 2.39 bits per heavy atom. The van der Waals surface area contributed by atoms with Crippen LogP contribution in [0.4, 0.5) is 32.0 Å². The second-order valence-corrected chi connectivity index (χ2v) is 9.83. The zero-order chi connectivity index (χ0) is 29.6. The molecule has 2 aromatic carbocycles. The summed E-state index contributed by atoms with van der Waals surface area (Å²) in [6.07, 6.45) is -3.61. The van der Waals surface area contributed by atoms with Crippen LogP contribution in [0.3, 0.4) is 0 Å². The van der Waals surface area contributed by atoms with Gasteiger partial charge in [-0.3, -0.25) is 4.99 Å². The van der Waals surface area contributed by atoms with E-state index in [0.29, 0.717) is 42.8 Å². The summed E-state index contributed by atoms with van der Waals surface area (Å²) < 4.78 is 87.0. The topological polar surface area (TPSA) is 69.9 Å². The van der Waals surface area contributed by atoms with Gasteiger partial charge >= 0.3 is 12.4 Å². The van der Waals surface area contributed by atoms with Crippen LogP contribution in [0.5, 0.6) is 5.75 Å². The molecule has 0 aromatic heterocycles. The largest absolute Gasteiger partial charge is 0.495 e. The molecule has 13 heteroatoms. The van der Waals surface area contributed by atoms with E-state index in [4.69, 9.17) is 9.57 Å². The van der Waals surface area contributed by atoms with Crippen molar-refractivity contribution in [3.63, 3.8) is 0 Å². The monoisotopic (exact) mass is 580 g/mol. The van der Waals surface area contributed by atoms with Gasteiger partial charge in [-0.15, -0.1) is 0 Å². The number of benzene rings is 2. The third-order valence-corrected chi connectivity index (χ3v) is 7.11. The summed E-state index contributed by atoms with van der Waals surface area (Å²) in [6, 6.07) is 6.71. The molecule has 3 heterocycles. The summed E-state index contributed by atoms with van der Waals surface area (Å²) in [5.74, 6) is 0.814. The minimum Gasteiger partial charge on any atom is -0.495 e.